The van der Waals surface area contributed by atoms with Crippen molar-refractivity contribution in [1.29, 1.82) is 0 Å². The molecule has 1 atom stereocenters. The Labute approximate surface area is 165 Å². The van der Waals surface area contributed by atoms with E-state index in [0.717, 1.165) is 55.1 Å². The number of rotatable bonds is 4. The minimum Gasteiger partial charge on any atom is -0.337 e. The van der Waals surface area contributed by atoms with E-state index in [4.69, 9.17) is 0 Å². The fraction of sp³-hybridized carbons (Fsp3) is 0.435. The van der Waals surface area contributed by atoms with Crippen LogP contribution in [0.15, 0.2) is 48.8 Å². The summed E-state index contributed by atoms with van der Waals surface area (Å²) >= 11 is 0. The number of carbonyl (C=O) groups is 1. The van der Waals surface area contributed by atoms with Crippen LogP contribution in [0.3, 0.4) is 0 Å². The average Bonchev–Trinajstić information content (AvgIpc) is 3.18. The van der Waals surface area contributed by atoms with Gasteiger partial charge in [0, 0.05) is 43.3 Å². The maximum absolute atomic E-state index is 13.1. The number of aromatic nitrogens is 3. The highest BCUT2D eigenvalue weighted by Crippen LogP contribution is 2.31. The average molecular weight is 374 g/mol. The zero-order valence-electron chi connectivity index (χ0n) is 16.1. The first-order chi connectivity index (χ1) is 13.8. The third-order valence-corrected chi connectivity index (χ3v) is 6.32. The summed E-state index contributed by atoms with van der Waals surface area (Å²) in [6.07, 6.45) is 10.2. The van der Waals surface area contributed by atoms with E-state index in [-0.39, 0.29) is 5.91 Å². The Morgan fingerprint density at radius 3 is 2.82 bits per heavy atom. The lowest BCUT2D eigenvalue weighted by Gasteiger charge is -2.33. The monoisotopic (exact) mass is 374 g/mol. The molecule has 1 amide bonds. The van der Waals surface area contributed by atoms with Crippen LogP contribution in [0.4, 0.5) is 0 Å². The zero-order valence-corrected chi connectivity index (χ0v) is 16.1. The summed E-state index contributed by atoms with van der Waals surface area (Å²) in [5.41, 5.74) is 1.41. The zero-order chi connectivity index (χ0) is 18.9. The van der Waals surface area contributed by atoms with Crippen molar-refractivity contribution < 1.29 is 4.79 Å². The Balaban J connectivity index is 1.33. The van der Waals surface area contributed by atoms with Gasteiger partial charge in [0.05, 0.1) is 5.52 Å². The van der Waals surface area contributed by atoms with E-state index in [0.29, 0.717) is 11.6 Å². The lowest BCUT2D eigenvalue weighted by atomic mass is 9.85. The highest BCUT2D eigenvalue weighted by molar-refractivity contribution is 5.95. The molecule has 1 saturated carbocycles. The molecule has 1 aromatic carbocycles. The molecule has 2 aliphatic rings. The van der Waals surface area contributed by atoms with Crippen molar-refractivity contribution in [1.82, 2.24) is 19.4 Å². The quantitative estimate of drug-likeness (QED) is 0.686. The molecule has 5 rings (SSSR count). The Kier molecular flexibility index (Phi) is 4.59. The van der Waals surface area contributed by atoms with E-state index in [1.165, 1.54) is 19.3 Å². The number of benzene rings is 1. The van der Waals surface area contributed by atoms with E-state index in [9.17, 15) is 4.79 Å². The van der Waals surface area contributed by atoms with Crippen molar-refractivity contribution in [3.8, 4) is 0 Å². The summed E-state index contributed by atoms with van der Waals surface area (Å²) in [7, 11) is 0. The molecular formula is C23H26N4O. The molecule has 0 radical (unpaired) electrons. The van der Waals surface area contributed by atoms with Crippen LogP contribution in [-0.2, 0) is 6.54 Å². The van der Waals surface area contributed by atoms with Crippen LogP contribution in [0, 0.1) is 5.92 Å². The predicted molar refractivity (Wildman–Crippen MR) is 109 cm³/mol. The minimum absolute atomic E-state index is 0.0348. The SMILES string of the molecule is O=C(c1ccc2ccccc2n1)N1CCC[C@H](c2nccn2CC2CCC2)C1. The highest BCUT2D eigenvalue weighted by Gasteiger charge is 2.29. The molecule has 5 nitrogen and oxygen atoms in total. The van der Waals surface area contributed by atoms with Crippen LogP contribution in [0.2, 0.25) is 0 Å². The molecule has 3 aromatic rings. The van der Waals surface area contributed by atoms with Gasteiger partial charge in [-0.1, -0.05) is 30.7 Å². The van der Waals surface area contributed by atoms with E-state index >= 15 is 0 Å². The molecule has 2 fully saturated rings. The van der Waals surface area contributed by atoms with E-state index < -0.39 is 0 Å². The van der Waals surface area contributed by atoms with Gasteiger partial charge in [0.1, 0.15) is 11.5 Å². The first-order valence-electron chi connectivity index (χ1n) is 10.4. The van der Waals surface area contributed by atoms with Gasteiger partial charge in [-0.15, -0.1) is 0 Å². The van der Waals surface area contributed by atoms with Crippen LogP contribution in [0.25, 0.3) is 10.9 Å². The Hall–Kier alpha value is -2.69. The van der Waals surface area contributed by atoms with Gasteiger partial charge in [0.25, 0.3) is 5.91 Å². The Bertz CT molecular complexity index is 991. The molecule has 0 unspecified atom stereocenters. The smallest absolute Gasteiger partial charge is 0.272 e. The molecule has 2 aromatic heterocycles. The van der Waals surface area contributed by atoms with Gasteiger partial charge in [-0.3, -0.25) is 4.79 Å². The lowest BCUT2D eigenvalue weighted by molar-refractivity contribution is 0.0697. The molecule has 0 spiro atoms. The van der Waals surface area contributed by atoms with Gasteiger partial charge < -0.3 is 9.47 Å². The number of fused-ring (bicyclic) bond motifs is 1. The van der Waals surface area contributed by atoms with Gasteiger partial charge in [0.15, 0.2) is 0 Å². The number of para-hydroxylation sites is 1. The molecule has 1 aliphatic heterocycles. The second-order valence-corrected chi connectivity index (χ2v) is 8.21. The number of hydrogen-bond donors (Lipinski definition) is 0. The van der Waals surface area contributed by atoms with Crippen molar-refractivity contribution in [3.63, 3.8) is 0 Å². The molecule has 1 aliphatic carbocycles. The largest absolute Gasteiger partial charge is 0.337 e. The molecule has 28 heavy (non-hydrogen) atoms. The number of hydrogen-bond acceptors (Lipinski definition) is 3. The Morgan fingerprint density at radius 2 is 1.96 bits per heavy atom. The molecule has 144 valence electrons. The van der Waals surface area contributed by atoms with Crippen LogP contribution in [0.5, 0.6) is 0 Å². The summed E-state index contributed by atoms with van der Waals surface area (Å²) in [5.74, 6) is 2.30. The lowest BCUT2D eigenvalue weighted by Crippen LogP contribution is -2.40. The summed E-state index contributed by atoms with van der Waals surface area (Å²) in [4.78, 5) is 24.3. The van der Waals surface area contributed by atoms with Crippen molar-refractivity contribution in [3.05, 3.63) is 60.3 Å². The van der Waals surface area contributed by atoms with E-state index in [1.807, 2.05) is 47.5 Å². The summed E-state index contributed by atoms with van der Waals surface area (Å²) in [5, 5.41) is 1.06. The van der Waals surface area contributed by atoms with Gasteiger partial charge in [-0.2, -0.15) is 0 Å². The van der Waals surface area contributed by atoms with E-state index in [1.54, 1.807) is 0 Å². The summed E-state index contributed by atoms with van der Waals surface area (Å²) < 4.78 is 2.33. The topological polar surface area (TPSA) is 51.0 Å². The summed E-state index contributed by atoms with van der Waals surface area (Å²) in [6, 6.07) is 11.8. The highest BCUT2D eigenvalue weighted by atomic mass is 16.2. The molecular weight excluding hydrogens is 348 g/mol. The van der Waals surface area contributed by atoms with Crippen LogP contribution < -0.4 is 0 Å². The van der Waals surface area contributed by atoms with Crippen molar-refractivity contribution in [2.75, 3.05) is 13.1 Å². The van der Waals surface area contributed by atoms with Crippen molar-refractivity contribution in [2.24, 2.45) is 5.92 Å². The van der Waals surface area contributed by atoms with Gasteiger partial charge in [0.2, 0.25) is 0 Å². The molecule has 1 saturated heterocycles. The first-order valence-corrected chi connectivity index (χ1v) is 10.4. The molecule has 3 heterocycles. The Morgan fingerprint density at radius 1 is 1.07 bits per heavy atom. The fourth-order valence-electron chi connectivity index (χ4n) is 4.51. The third-order valence-electron chi connectivity index (χ3n) is 6.32. The number of amides is 1. The van der Waals surface area contributed by atoms with E-state index in [2.05, 4.69) is 20.7 Å². The second-order valence-electron chi connectivity index (χ2n) is 8.21. The van der Waals surface area contributed by atoms with Crippen molar-refractivity contribution >= 4 is 16.8 Å². The van der Waals surface area contributed by atoms with Gasteiger partial charge in [-0.25, -0.2) is 9.97 Å². The number of imidazole rings is 1. The minimum atomic E-state index is 0.0348. The maximum atomic E-state index is 13.1. The van der Waals surface area contributed by atoms with Gasteiger partial charge in [-0.05, 0) is 43.7 Å². The predicted octanol–water partition coefficient (Wildman–Crippen LogP) is 4.25. The number of carbonyl (C=O) groups excluding carboxylic acids is 1. The number of likely N-dealkylation sites (tertiary alicyclic amines) is 1. The molecule has 5 heteroatoms. The normalized spacial score (nSPS) is 20.3. The fourth-order valence-corrected chi connectivity index (χ4v) is 4.51. The van der Waals surface area contributed by atoms with Crippen molar-refractivity contribution in [2.45, 2.75) is 44.6 Å². The first kappa shape index (κ1) is 17.4. The molecule has 0 N–H and O–H groups in total. The van der Waals surface area contributed by atoms with Crippen LogP contribution in [0.1, 0.15) is 54.3 Å². The second kappa shape index (κ2) is 7.38. The number of pyridine rings is 1. The molecule has 0 bridgehead atoms. The van der Waals surface area contributed by atoms with Crippen LogP contribution >= 0.6 is 0 Å². The van der Waals surface area contributed by atoms with Gasteiger partial charge >= 0.3 is 0 Å². The number of nitrogens with zero attached hydrogens (tertiary/aromatic N) is 4. The standard InChI is InChI=1S/C23H26N4O/c28-23(21-11-10-18-7-1-2-9-20(18)25-21)27-13-4-8-19(16-27)22-24-12-14-26(22)15-17-5-3-6-17/h1-2,7,9-12,14,17,19H,3-6,8,13,15-16H2/t19-/m0/s1. The van der Waals surface area contributed by atoms with Crippen LogP contribution in [-0.4, -0.2) is 38.4 Å². The summed E-state index contributed by atoms with van der Waals surface area (Å²) in [6.45, 7) is 2.61. The third kappa shape index (κ3) is 3.30. The maximum Gasteiger partial charge on any atom is 0.272 e. The number of piperidine rings is 1.